The molecule has 0 atom stereocenters. The molecule has 0 radical (unpaired) electrons. The molecule has 0 unspecified atom stereocenters. The molecule has 0 spiro atoms. The van der Waals surface area contributed by atoms with Crippen molar-refractivity contribution in [1.82, 2.24) is 0 Å². The highest BCUT2D eigenvalue weighted by Crippen LogP contribution is 2.21. The molecule has 0 amide bonds. The van der Waals surface area contributed by atoms with Crippen LogP contribution in [0.4, 0.5) is 11.4 Å². The molecule has 0 aromatic heterocycles. The number of hydrogen-bond donors (Lipinski definition) is 1. The Bertz CT molecular complexity index is 312. The van der Waals surface area contributed by atoms with Crippen LogP contribution < -0.4 is 10.6 Å². The normalized spacial score (nSPS) is 10.3. The van der Waals surface area contributed by atoms with Crippen LogP contribution in [0.25, 0.3) is 0 Å². The number of nitrogen functional groups attached to an aromatic ring is 1. The minimum Gasteiger partial charge on any atom is -0.399 e. The van der Waals surface area contributed by atoms with Gasteiger partial charge in [0, 0.05) is 31.6 Å². The number of hydrogen-bond acceptors (Lipinski definition) is 3. The van der Waals surface area contributed by atoms with Gasteiger partial charge in [-0.05, 0) is 37.6 Å². The third-order valence-corrected chi connectivity index (χ3v) is 2.51. The standard InChI is InChI=1S/C12H20N2O/c1-4-14(7-8-15-3)12-6-5-11(13)9-10(12)2/h5-6,9H,4,7-8,13H2,1-3H3. The van der Waals surface area contributed by atoms with Gasteiger partial charge in [0.25, 0.3) is 0 Å². The van der Waals surface area contributed by atoms with Crippen LogP contribution in [0.1, 0.15) is 12.5 Å². The van der Waals surface area contributed by atoms with Gasteiger partial charge in [-0.1, -0.05) is 0 Å². The highest BCUT2D eigenvalue weighted by Gasteiger charge is 2.06. The summed E-state index contributed by atoms with van der Waals surface area (Å²) in [5, 5.41) is 0. The molecule has 0 saturated heterocycles. The van der Waals surface area contributed by atoms with Gasteiger partial charge in [0.15, 0.2) is 0 Å². The number of nitrogens with zero attached hydrogens (tertiary/aromatic N) is 1. The van der Waals surface area contributed by atoms with Crippen LogP contribution in [-0.4, -0.2) is 26.8 Å². The third-order valence-electron chi connectivity index (χ3n) is 2.51. The number of benzene rings is 1. The first-order valence-corrected chi connectivity index (χ1v) is 5.29. The first-order valence-electron chi connectivity index (χ1n) is 5.29. The first kappa shape index (κ1) is 11.9. The molecule has 84 valence electrons. The minimum atomic E-state index is 0.748. The lowest BCUT2D eigenvalue weighted by Crippen LogP contribution is -2.27. The van der Waals surface area contributed by atoms with Crippen molar-refractivity contribution in [3.63, 3.8) is 0 Å². The van der Waals surface area contributed by atoms with Crippen molar-refractivity contribution in [2.75, 3.05) is 37.4 Å². The summed E-state index contributed by atoms with van der Waals surface area (Å²) in [7, 11) is 1.73. The van der Waals surface area contributed by atoms with E-state index in [2.05, 4.69) is 24.8 Å². The molecule has 3 nitrogen and oxygen atoms in total. The van der Waals surface area contributed by atoms with Crippen LogP contribution in [0.2, 0.25) is 0 Å². The largest absolute Gasteiger partial charge is 0.399 e. The monoisotopic (exact) mass is 208 g/mol. The second-order valence-electron chi connectivity index (χ2n) is 3.62. The van der Waals surface area contributed by atoms with Crippen molar-refractivity contribution < 1.29 is 4.74 Å². The molecule has 1 aromatic rings. The van der Waals surface area contributed by atoms with Gasteiger partial charge in [0.05, 0.1) is 6.61 Å². The number of anilines is 2. The van der Waals surface area contributed by atoms with E-state index in [1.165, 1.54) is 11.3 Å². The Morgan fingerprint density at radius 1 is 1.40 bits per heavy atom. The number of ether oxygens (including phenoxy) is 1. The fraction of sp³-hybridized carbons (Fsp3) is 0.500. The summed E-state index contributed by atoms with van der Waals surface area (Å²) in [5.41, 5.74) is 9.00. The molecule has 1 rings (SSSR count). The molecule has 0 bridgehead atoms. The second kappa shape index (κ2) is 5.61. The summed E-state index contributed by atoms with van der Waals surface area (Å²) in [6.07, 6.45) is 0. The number of aryl methyl sites for hydroxylation is 1. The maximum absolute atomic E-state index is 5.73. The molecule has 0 saturated carbocycles. The topological polar surface area (TPSA) is 38.5 Å². The third kappa shape index (κ3) is 3.13. The maximum Gasteiger partial charge on any atom is 0.0637 e. The van der Waals surface area contributed by atoms with E-state index in [0.717, 1.165) is 25.4 Å². The quantitative estimate of drug-likeness (QED) is 0.753. The molecule has 15 heavy (non-hydrogen) atoms. The molecular formula is C12H20N2O. The lowest BCUT2D eigenvalue weighted by molar-refractivity contribution is 0.205. The fourth-order valence-electron chi connectivity index (χ4n) is 1.68. The number of likely N-dealkylation sites (N-methyl/N-ethyl adjacent to an activating group) is 1. The highest BCUT2D eigenvalue weighted by atomic mass is 16.5. The van der Waals surface area contributed by atoms with Crippen molar-refractivity contribution in [1.29, 1.82) is 0 Å². The lowest BCUT2D eigenvalue weighted by Gasteiger charge is -2.24. The van der Waals surface area contributed by atoms with Crippen LogP contribution in [0.3, 0.4) is 0 Å². The summed E-state index contributed by atoms with van der Waals surface area (Å²) in [6.45, 7) is 6.87. The zero-order chi connectivity index (χ0) is 11.3. The smallest absolute Gasteiger partial charge is 0.0637 e. The van der Waals surface area contributed by atoms with Gasteiger partial charge < -0.3 is 15.4 Å². The Morgan fingerprint density at radius 3 is 2.67 bits per heavy atom. The molecular weight excluding hydrogens is 188 g/mol. The summed E-state index contributed by atoms with van der Waals surface area (Å²) in [5.74, 6) is 0. The molecule has 0 aliphatic carbocycles. The molecule has 0 aliphatic heterocycles. The molecule has 0 aliphatic rings. The Labute approximate surface area is 91.8 Å². The lowest BCUT2D eigenvalue weighted by atomic mass is 10.1. The van der Waals surface area contributed by atoms with Gasteiger partial charge in [-0.2, -0.15) is 0 Å². The van der Waals surface area contributed by atoms with Crippen LogP contribution in [-0.2, 0) is 4.74 Å². The average Bonchev–Trinajstić information content (AvgIpc) is 2.21. The Kier molecular flexibility index (Phi) is 4.43. The zero-order valence-electron chi connectivity index (χ0n) is 9.79. The van der Waals surface area contributed by atoms with Crippen molar-refractivity contribution in [2.24, 2.45) is 0 Å². The van der Waals surface area contributed by atoms with Crippen molar-refractivity contribution in [2.45, 2.75) is 13.8 Å². The van der Waals surface area contributed by atoms with Crippen LogP contribution in [0.15, 0.2) is 18.2 Å². The summed E-state index contributed by atoms with van der Waals surface area (Å²) in [6, 6.07) is 6.02. The van der Waals surface area contributed by atoms with E-state index in [-0.39, 0.29) is 0 Å². The SMILES string of the molecule is CCN(CCOC)c1ccc(N)cc1C. The van der Waals surface area contributed by atoms with E-state index < -0.39 is 0 Å². The number of methoxy groups -OCH3 is 1. The van der Waals surface area contributed by atoms with Crippen LogP contribution >= 0.6 is 0 Å². The number of nitrogens with two attached hydrogens (primary N) is 1. The maximum atomic E-state index is 5.73. The van der Waals surface area contributed by atoms with E-state index in [1.54, 1.807) is 7.11 Å². The second-order valence-corrected chi connectivity index (χ2v) is 3.62. The summed E-state index contributed by atoms with van der Waals surface area (Å²) < 4.78 is 5.09. The van der Waals surface area contributed by atoms with Gasteiger partial charge in [-0.3, -0.25) is 0 Å². The van der Waals surface area contributed by atoms with Gasteiger partial charge in [-0.25, -0.2) is 0 Å². The minimum absolute atomic E-state index is 0.748. The molecule has 0 heterocycles. The van der Waals surface area contributed by atoms with Crippen molar-refractivity contribution in [3.05, 3.63) is 23.8 Å². The van der Waals surface area contributed by atoms with E-state index >= 15 is 0 Å². The van der Waals surface area contributed by atoms with Gasteiger partial charge in [0.1, 0.15) is 0 Å². The molecule has 1 aromatic carbocycles. The van der Waals surface area contributed by atoms with Crippen molar-refractivity contribution in [3.8, 4) is 0 Å². The van der Waals surface area contributed by atoms with Crippen molar-refractivity contribution >= 4 is 11.4 Å². The Morgan fingerprint density at radius 2 is 2.13 bits per heavy atom. The van der Waals surface area contributed by atoms with Crippen LogP contribution in [0.5, 0.6) is 0 Å². The zero-order valence-corrected chi connectivity index (χ0v) is 9.79. The molecule has 2 N–H and O–H groups in total. The highest BCUT2D eigenvalue weighted by molar-refractivity contribution is 5.59. The van der Waals surface area contributed by atoms with E-state index in [9.17, 15) is 0 Å². The van der Waals surface area contributed by atoms with E-state index in [1.807, 2.05) is 12.1 Å². The predicted molar refractivity (Wildman–Crippen MR) is 65.4 cm³/mol. The van der Waals surface area contributed by atoms with Gasteiger partial charge >= 0.3 is 0 Å². The summed E-state index contributed by atoms with van der Waals surface area (Å²) in [4.78, 5) is 2.29. The first-order chi connectivity index (χ1) is 7.19. The van der Waals surface area contributed by atoms with E-state index in [0.29, 0.717) is 0 Å². The Balaban J connectivity index is 2.81. The average molecular weight is 208 g/mol. The van der Waals surface area contributed by atoms with E-state index in [4.69, 9.17) is 10.5 Å². The van der Waals surface area contributed by atoms with Gasteiger partial charge in [-0.15, -0.1) is 0 Å². The van der Waals surface area contributed by atoms with Gasteiger partial charge in [0.2, 0.25) is 0 Å². The summed E-state index contributed by atoms with van der Waals surface area (Å²) >= 11 is 0. The Hall–Kier alpha value is -1.22. The predicted octanol–water partition coefficient (Wildman–Crippen LogP) is 2.05. The molecule has 3 heteroatoms. The van der Waals surface area contributed by atoms with Crippen LogP contribution in [0, 0.1) is 6.92 Å². The fourth-order valence-corrected chi connectivity index (χ4v) is 1.68. The molecule has 0 fully saturated rings. The number of rotatable bonds is 5.